The number of hydrogen-bond acceptors (Lipinski definition) is 5. The van der Waals surface area contributed by atoms with E-state index in [0.717, 1.165) is 15.4 Å². The molecule has 0 aliphatic carbocycles. The van der Waals surface area contributed by atoms with Gasteiger partial charge in [0.2, 0.25) is 15.9 Å². The molecule has 0 radical (unpaired) electrons. The molecule has 0 saturated heterocycles. The first-order chi connectivity index (χ1) is 14.1. The first-order valence-electron chi connectivity index (χ1n) is 9.48. The number of fused-ring (bicyclic) bond motifs is 1. The maximum atomic E-state index is 13.0. The van der Waals surface area contributed by atoms with Gasteiger partial charge in [0.25, 0.3) is 5.91 Å². The van der Waals surface area contributed by atoms with Gasteiger partial charge in [-0.15, -0.1) is 0 Å². The number of carbonyl (C=O) groups is 2. The van der Waals surface area contributed by atoms with E-state index in [2.05, 4.69) is 10.6 Å². The molecule has 1 heterocycles. The molecule has 9 heteroatoms. The molecule has 2 aromatic rings. The maximum absolute atomic E-state index is 13.0. The van der Waals surface area contributed by atoms with Gasteiger partial charge < -0.3 is 15.4 Å². The van der Waals surface area contributed by atoms with Gasteiger partial charge in [-0.25, -0.2) is 8.42 Å². The molecule has 30 heavy (non-hydrogen) atoms. The van der Waals surface area contributed by atoms with Crippen LogP contribution in [0.2, 0.25) is 0 Å². The molecule has 2 N–H and O–H groups in total. The van der Waals surface area contributed by atoms with Crippen LogP contribution in [0.1, 0.15) is 23.6 Å². The highest BCUT2D eigenvalue weighted by molar-refractivity contribution is 7.89. The Morgan fingerprint density at radius 3 is 2.53 bits per heavy atom. The number of ether oxygens (including phenoxy) is 1. The first kappa shape index (κ1) is 21.8. The minimum atomic E-state index is -3.94. The lowest BCUT2D eigenvalue weighted by molar-refractivity contribution is -0.123. The molecular weight excluding hydrogens is 406 g/mol. The molecule has 1 atom stereocenters. The van der Waals surface area contributed by atoms with E-state index in [1.54, 1.807) is 19.9 Å². The number of rotatable bonds is 6. The highest BCUT2D eigenvalue weighted by Crippen LogP contribution is 2.35. The van der Waals surface area contributed by atoms with E-state index in [4.69, 9.17) is 4.74 Å². The summed E-state index contributed by atoms with van der Waals surface area (Å²) in [6, 6.07) is 10.6. The Balaban J connectivity index is 1.71. The third kappa shape index (κ3) is 4.63. The van der Waals surface area contributed by atoms with E-state index >= 15 is 0 Å². The molecule has 0 unspecified atom stereocenters. The fourth-order valence-corrected chi connectivity index (χ4v) is 4.38. The number of carbonyl (C=O) groups excluding carboxylic acids is 2. The van der Waals surface area contributed by atoms with Crippen molar-refractivity contribution in [3.8, 4) is 5.75 Å². The van der Waals surface area contributed by atoms with Crippen LogP contribution in [0.15, 0.2) is 41.3 Å². The van der Waals surface area contributed by atoms with Gasteiger partial charge >= 0.3 is 0 Å². The van der Waals surface area contributed by atoms with Gasteiger partial charge in [0.15, 0.2) is 6.10 Å². The Kier molecular flexibility index (Phi) is 6.14. The number of benzene rings is 2. The zero-order valence-electron chi connectivity index (χ0n) is 17.4. The van der Waals surface area contributed by atoms with Crippen molar-refractivity contribution in [2.24, 2.45) is 0 Å². The largest absolute Gasteiger partial charge is 0.479 e. The first-order valence-corrected chi connectivity index (χ1v) is 10.9. The summed E-state index contributed by atoms with van der Waals surface area (Å²) in [5.41, 5.74) is 2.92. The standard InChI is InChI=1S/C21H25N3O5S/c1-13-5-7-16(8-6-13)11-22-20(25)12-24(4)30(27,28)19-10-18-17(9-14(19)2)23-21(26)15(3)29-18/h5-10,15H,11-12H2,1-4H3,(H,22,25)(H,23,26)/t15-/m0/s1. The molecule has 0 fully saturated rings. The number of likely N-dealkylation sites (N-methyl/N-ethyl adjacent to an activating group) is 1. The van der Waals surface area contributed by atoms with Crippen molar-refractivity contribution in [1.82, 2.24) is 9.62 Å². The van der Waals surface area contributed by atoms with E-state index in [-0.39, 0.29) is 23.1 Å². The van der Waals surface area contributed by atoms with Gasteiger partial charge in [-0.3, -0.25) is 9.59 Å². The van der Waals surface area contributed by atoms with E-state index in [0.29, 0.717) is 17.8 Å². The molecule has 2 amide bonds. The highest BCUT2D eigenvalue weighted by Gasteiger charge is 2.30. The van der Waals surface area contributed by atoms with Crippen LogP contribution in [-0.2, 0) is 26.2 Å². The Morgan fingerprint density at radius 1 is 1.20 bits per heavy atom. The second kappa shape index (κ2) is 8.45. The summed E-state index contributed by atoms with van der Waals surface area (Å²) in [6.07, 6.45) is -0.721. The average molecular weight is 432 g/mol. The van der Waals surface area contributed by atoms with E-state index < -0.39 is 22.0 Å². The Hall–Kier alpha value is -2.91. The summed E-state index contributed by atoms with van der Waals surface area (Å²) in [4.78, 5) is 24.1. The van der Waals surface area contributed by atoms with Gasteiger partial charge in [0.05, 0.1) is 17.1 Å². The normalized spacial score (nSPS) is 15.9. The van der Waals surface area contributed by atoms with Crippen LogP contribution in [0.25, 0.3) is 0 Å². The fraction of sp³-hybridized carbons (Fsp3) is 0.333. The number of amides is 2. The lowest BCUT2D eigenvalue weighted by Crippen LogP contribution is -2.38. The predicted molar refractivity (Wildman–Crippen MR) is 113 cm³/mol. The summed E-state index contributed by atoms with van der Waals surface area (Å²) in [7, 11) is -2.59. The van der Waals surface area contributed by atoms with Crippen LogP contribution in [0, 0.1) is 13.8 Å². The molecular formula is C21H25N3O5S. The number of nitrogens with zero attached hydrogens (tertiary/aromatic N) is 1. The van der Waals surface area contributed by atoms with Crippen molar-refractivity contribution in [3.05, 3.63) is 53.1 Å². The molecule has 0 bridgehead atoms. The van der Waals surface area contributed by atoms with Crippen molar-refractivity contribution in [2.75, 3.05) is 18.9 Å². The van der Waals surface area contributed by atoms with E-state index in [9.17, 15) is 18.0 Å². The highest BCUT2D eigenvalue weighted by atomic mass is 32.2. The topological polar surface area (TPSA) is 105 Å². The van der Waals surface area contributed by atoms with Crippen LogP contribution >= 0.6 is 0 Å². The average Bonchev–Trinajstić information content (AvgIpc) is 2.68. The van der Waals surface area contributed by atoms with Crippen molar-refractivity contribution < 1.29 is 22.7 Å². The second-order valence-electron chi connectivity index (χ2n) is 7.39. The zero-order chi connectivity index (χ0) is 22.1. The SMILES string of the molecule is Cc1ccc(CNC(=O)CN(C)S(=O)(=O)c2cc3c(cc2C)NC(=O)[C@H](C)O3)cc1. The number of aryl methyl sites for hydroxylation is 2. The summed E-state index contributed by atoms with van der Waals surface area (Å²) in [5, 5.41) is 5.42. The van der Waals surface area contributed by atoms with Crippen molar-refractivity contribution in [1.29, 1.82) is 0 Å². The molecule has 160 valence electrons. The van der Waals surface area contributed by atoms with Gasteiger partial charge in [-0.2, -0.15) is 4.31 Å². The van der Waals surface area contributed by atoms with Crippen LogP contribution in [0.4, 0.5) is 5.69 Å². The van der Waals surface area contributed by atoms with Crippen LogP contribution in [0.5, 0.6) is 5.75 Å². The summed E-state index contributed by atoms with van der Waals surface area (Å²) in [5.74, 6) is -0.419. The molecule has 2 aromatic carbocycles. The predicted octanol–water partition coefficient (Wildman–Crippen LogP) is 1.96. The molecule has 0 aromatic heterocycles. The van der Waals surface area contributed by atoms with E-state index in [1.807, 2.05) is 31.2 Å². The van der Waals surface area contributed by atoms with E-state index in [1.165, 1.54) is 13.1 Å². The van der Waals surface area contributed by atoms with Crippen molar-refractivity contribution in [2.45, 2.75) is 38.3 Å². The molecule has 8 nitrogen and oxygen atoms in total. The Labute approximate surface area is 176 Å². The number of hydrogen-bond donors (Lipinski definition) is 2. The number of sulfonamides is 1. The van der Waals surface area contributed by atoms with Crippen LogP contribution < -0.4 is 15.4 Å². The molecule has 1 aliphatic heterocycles. The van der Waals surface area contributed by atoms with Crippen molar-refractivity contribution >= 4 is 27.5 Å². The molecule has 1 aliphatic rings. The van der Waals surface area contributed by atoms with Gasteiger partial charge in [0.1, 0.15) is 5.75 Å². The van der Waals surface area contributed by atoms with Gasteiger partial charge in [-0.05, 0) is 38.0 Å². The fourth-order valence-electron chi connectivity index (χ4n) is 3.04. The Bertz CT molecular complexity index is 1080. The molecule has 0 saturated carbocycles. The zero-order valence-corrected chi connectivity index (χ0v) is 18.2. The smallest absolute Gasteiger partial charge is 0.265 e. The van der Waals surface area contributed by atoms with Crippen LogP contribution in [0.3, 0.4) is 0 Å². The van der Waals surface area contributed by atoms with Gasteiger partial charge in [0, 0.05) is 19.7 Å². The lowest BCUT2D eigenvalue weighted by Gasteiger charge is -2.25. The Morgan fingerprint density at radius 2 is 1.87 bits per heavy atom. The molecule has 3 rings (SSSR count). The third-order valence-electron chi connectivity index (χ3n) is 4.87. The number of nitrogens with one attached hydrogen (secondary N) is 2. The molecule has 0 spiro atoms. The third-order valence-corrected chi connectivity index (χ3v) is 6.82. The number of anilines is 1. The monoisotopic (exact) mass is 431 g/mol. The minimum absolute atomic E-state index is 0.0263. The van der Waals surface area contributed by atoms with Crippen molar-refractivity contribution in [3.63, 3.8) is 0 Å². The minimum Gasteiger partial charge on any atom is -0.479 e. The lowest BCUT2D eigenvalue weighted by atomic mass is 10.1. The quantitative estimate of drug-likeness (QED) is 0.728. The second-order valence-corrected chi connectivity index (χ2v) is 9.40. The summed E-state index contributed by atoms with van der Waals surface area (Å²) < 4.78 is 32.6. The van der Waals surface area contributed by atoms with Gasteiger partial charge in [-0.1, -0.05) is 29.8 Å². The summed E-state index contributed by atoms with van der Waals surface area (Å²) >= 11 is 0. The summed E-state index contributed by atoms with van der Waals surface area (Å²) in [6.45, 7) is 5.18. The maximum Gasteiger partial charge on any atom is 0.265 e. The van der Waals surface area contributed by atoms with Crippen LogP contribution in [-0.4, -0.2) is 44.2 Å².